The second-order valence-electron chi connectivity index (χ2n) is 6.02. The molecule has 2 aromatic carbocycles. The number of amides is 1. The van der Waals surface area contributed by atoms with Crippen molar-refractivity contribution in [2.75, 3.05) is 5.32 Å². The standard InChI is InChI=1S/C19H21IN2O2S/c1-11(2)24-15-7-5-14(6-8-15)18(23)22-19(25)21-17-10-12(3)16(20)9-13(17)4/h5-11H,1-4H3,(H2,21,22,23,25). The second kappa shape index (κ2) is 8.62. The van der Waals surface area contributed by atoms with Gasteiger partial charge in [-0.3, -0.25) is 10.1 Å². The number of hydrogen-bond acceptors (Lipinski definition) is 3. The topological polar surface area (TPSA) is 50.4 Å². The first-order chi connectivity index (χ1) is 11.8. The van der Waals surface area contributed by atoms with Crippen LogP contribution in [0.15, 0.2) is 36.4 Å². The highest BCUT2D eigenvalue weighted by Gasteiger charge is 2.10. The summed E-state index contributed by atoms with van der Waals surface area (Å²) in [7, 11) is 0. The van der Waals surface area contributed by atoms with Crippen molar-refractivity contribution in [1.82, 2.24) is 5.32 Å². The molecular weight excluding hydrogens is 447 g/mol. The first kappa shape index (κ1) is 19.7. The average Bonchev–Trinajstić information content (AvgIpc) is 2.52. The van der Waals surface area contributed by atoms with Crippen LogP contribution in [0.4, 0.5) is 5.69 Å². The van der Waals surface area contributed by atoms with Crippen LogP contribution in [0.25, 0.3) is 0 Å². The lowest BCUT2D eigenvalue weighted by Gasteiger charge is -2.14. The molecule has 0 radical (unpaired) electrons. The maximum atomic E-state index is 12.3. The number of rotatable bonds is 4. The Morgan fingerprint density at radius 2 is 1.76 bits per heavy atom. The predicted octanol–water partition coefficient (Wildman–Crippen LogP) is 4.82. The summed E-state index contributed by atoms with van der Waals surface area (Å²) in [5.41, 5.74) is 3.64. The van der Waals surface area contributed by atoms with E-state index in [1.807, 2.05) is 33.8 Å². The predicted molar refractivity (Wildman–Crippen MR) is 115 cm³/mol. The molecule has 0 unspecified atom stereocenters. The van der Waals surface area contributed by atoms with Crippen molar-refractivity contribution in [3.63, 3.8) is 0 Å². The Hall–Kier alpha value is -1.67. The third-order valence-electron chi connectivity index (χ3n) is 3.47. The molecule has 25 heavy (non-hydrogen) atoms. The molecule has 2 rings (SSSR count). The lowest BCUT2D eigenvalue weighted by atomic mass is 10.1. The summed E-state index contributed by atoms with van der Waals surface area (Å²) < 4.78 is 6.77. The Bertz CT molecular complexity index is 789. The molecule has 0 spiro atoms. The zero-order valence-electron chi connectivity index (χ0n) is 14.6. The molecule has 0 heterocycles. The van der Waals surface area contributed by atoms with E-state index in [9.17, 15) is 4.79 Å². The Balaban J connectivity index is 2.00. The number of carbonyl (C=O) groups excluding carboxylic acids is 1. The van der Waals surface area contributed by atoms with E-state index >= 15 is 0 Å². The van der Waals surface area contributed by atoms with Crippen LogP contribution in [0.3, 0.4) is 0 Å². The van der Waals surface area contributed by atoms with Crippen molar-refractivity contribution >= 4 is 51.5 Å². The Morgan fingerprint density at radius 1 is 1.12 bits per heavy atom. The van der Waals surface area contributed by atoms with E-state index < -0.39 is 0 Å². The third-order valence-corrected chi connectivity index (χ3v) is 4.84. The van der Waals surface area contributed by atoms with E-state index in [4.69, 9.17) is 17.0 Å². The van der Waals surface area contributed by atoms with Crippen molar-refractivity contribution in [1.29, 1.82) is 0 Å². The van der Waals surface area contributed by atoms with Gasteiger partial charge >= 0.3 is 0 Å². The van der Waals surface area contributed by atoms with E-state index in [0.29, 0.717) is 5.56 Å². The van der Waals surface area contributed by atoms with Gasteiger partial charge in [0.25, 0.3) is 5.91 Å². The van der Waals surface area contributed by atoms with Crippen LogP contribution in [0, 0.1) is 17.4 Å². The summed E-state index contributed by atoms with van der Waals surface area (Å²) in [6, 6.07) is 11.1. The largest absolute Gasteiger partial charge is 0.491 e. The molecule has 0 aromatic heterocycles. The number of benzene rings is 2. The minimum atomic E-state index is -0.256. The third kappa shape index (κ3) is 5.67. The molecule has 4 nitrogen and oxygen atoms in total. The lowest BCUT2D eigenvalue weighted by Crippen LogP contribution is -2.34. The Kier molecular flexibility index (Phi) is 6.78. The van der Waals surface area contributed by atoms with Crippen LogP contribution in [0.2, 0.25) is 0 Å². The molecule has 0 saturated carbocycles. The van der Waals surface area contributed by atoms with Crippen LogP contribution in [0.5, 0.6) is 5.75 Å². The molecular formula is C19H21IN2O2S. The molecule has 0 bridgehead atoms. The normalized spacial score (nSPS) is 10.5. The van der Waals surface area contributed by atoms with Crippen molar-refractivity contribution in [2.24, 2.45) is 0 Å². The van der Waals surface area contributed by atoms with Crippen LogP contribution >= 0.6 is 34.8 Å². The highest BCUT2D eigenvalue weighted by Crippen LogP contribution is 2.22. The van der Waals surface area contributed by atoms with Gasteiger partial charge in [-0.2, -0.15) is 0 Å². The average molecular weight is 468 g/mol. The van der Waals surface area contributed by atoms with Crippen LogP contribution < -0.4 is 15.4 Å². The molecule has 132 valence electrons. The van der Waals surface area contributed by atoms with Crippen LogP contribution in [-0.2, 0) is 0 Å². The molecule has 6 heteroatoms. The first-order valence-corrected chi connectivity index (χ1v) is 9.40. The summed E-state index contributed by atoms with van der Waals surface area (Å²) in [4.78, 5) is 12.3. The van der Waals surface area contributed by atoms with E-state index in [-0.39, 0.29) is 17.1 Å². The van der Waals surface area contributed by atoms with Crippen LogP contribution in [0.1, 0.15) is 35.3 Å². The molecule has 0 saturated heterocycles. The van der Waals surface area contributed by atoms with Gasteiger partial charge in [-0.05, 0) is 110 Å². The first-order valence-electron chi connectivity index (χ1n) is 7.92. The van der Waals surface area contributed by atoms with Crippen molar-refractivity contribution < 1.29 is 9.53 Å². The van der Waals surface area contributed by atoms with E-state index in [1.165, 1.54) is 3.57 Å². The van der Waals surface area contributed by atoms with Gasteiger partial charge in [0, 0.05) is 14.8 Å². The van der Waals surface area contributed by atoms with Gasteiger partial charge < -0.3 is 10.1 Å². The number of halogens is 1. The van der Waals surface area contributed by atoms with E-state index in [0.717, 1.165) is 22.6 Å². The van der Waals surface area contributed by atoms with Gasteiger partial charge in [-0.15, -0.1) is 0 Å². The smallest absolute Gasteiger partial charge is 0.257 e. The Labute approximate surface area is 167 Å². The molecule has 0 aliphatic heterocycles. The fourth-order valence-electron chi connectivity index (χ4n) is 2.20. The zero-order valence-corrected chi connectivity index (χ0v) is 17.6. The van der Waals surface area contributed by atoms with Gasteiger partial charge in [0.15, 0.2) is 5.11 Å². The van der Waals surface area contributed by atoms with Gasteiger partial charge in [0.2, 0.25) is 0 Å². The Morgan fingerprint density at radius 3 is 2.36 bits per heavy atom. The fraction of sp³-hybridized carbons (Fsp3) is 0.263. The summed E-state index contributed by atoms with van der Waals surface area (Å²) in [6.07, 6.45) is 0.0945. The highest BCUT2D eigenvalue weighted by atomic mass is 127. The zero-order chi connectivity index (χ0) is 18.6. The number of anilines is 1. The van der Waals surface area contributed by atoms with Gasteiger partial charge in [0.05, 0.1) is 6.10 Å². The van der Waals surface area contributed by atoms with E-state index in [1.54, 1.807) is 24.3 Å². The maximum Gasteiger partial charge on any atom is 0.257 e. The molecule has 2 aromatic rings. The van der Waals surface area contributed by atoms with Gasteiger partial charge in [-0.1, -0.05) is 0 Å². The monoisotopic (exact) mass is 468 g/mol. The van der Waals surface area contributed by atoms with Crippen molar-refractivity contribution in [3.8, 4) is 5.75 Å². The fourth-order valence-corrected chi connectivity index (χ4v) is 3.03. The van der Waals surface area contributed by atoms with Crippen molar-refractivity contribution in [3.05, 3.63) is 56.7 Å². The summed E-state index contributed by atoms with van der Waals surface area (Å²) in [5, 5.41) is 6.07. The van der Waals surface area contributed by atoms with Crippen LogP contribution in [-0.4, -0.2) is 17.1 Å². The molecule has 0 aliphatic rings. The summed E-state index contributed by atoms with van der Waals surface area (Å²) >= 11 is 7.56. The second-order valence-corrected chi connectivity index (χ2v) is 7.59. The maximum absolute atomic E-state index is 12.3. The number of aryl methyl sites for hydroxylation is 2. The minimum absolute atomic E-state index is 0.0945. The number of thiocarbonyl (C=S) groups is 1. The quantitative estimate of drug-likeness (QED) is 0.499. The van der Waals surface area contributed by atoms with E-state index in [2.05, 4.69) is 39.3 Å². The highest BCUT2D eigenvalue weighted by molar-refractivity contribution is 14.1. The molecule has 2 N–H and O–H groups in total. The number of carbonyl (C=O) groups is 1. The van der Waals surface area contributed by atoms with Crippen molar-refractivity contribution in [2.45, 2.75) is 33.8 Å². The number of nitrogens with one attached hydrogen (secondary N) is 2. The molecule has 1 amide bonds. The SMILES string of the molecule is Cc1cc(NC(=S)NC(=O)c2ccc(OC(C)C)cc2)c(C)cc1I. The van der Waals surface area contributed by atoms with Gasteiger partial charge in [-0.25, -0.2) is 0 Å². The number of ether oxygens (including phenoxy) is 1. The molecule has 0 aliphatic carbocycles. The summed E-state index contributed by atoms with van der Waals surface area (Å²) in [6.45, 7) is 7.95. The molecule has 0 fully saturated rings. The lowest BCUT2D eigenvalue weighted by molar-refractivity contribution is 0.0977. The number of hydrogen-bond donors (Lipinski definition) is 2. The van der Waals surface area contributed by atoms with Gasteiger partial charge in [0.1, 0.15) is 5.75 Å². The molecule has 0 atom stereocenters. The minimum Gasteiger partial charge on any atom is -0.491 e. The summed E-state index contributed by atoms with van der Waals surface area (Å²) in [5.74, 6) is 0.478.